The smallest absolute Gasteiger partial charge is 0.321 e. The van der Waals surface area contributed by atoms with Crippen molar-refractivity contribution in [1.82, 2.24) is 15.5 Å². The first-order valence-electron chi connectivity index (χ1n) is 9.78. The first-order valence-corrected chi connectivity index (χ1v) is 9.78. The van der Waals surface area contributed by atoms with Crippen LogP contribution in [0.25, 0.3) is 0 Å². The van der Waals surface area contributed by atoms with E-state index in [-0.39, 0.29) is 17.5 Å². The highest BCUT2D eigenvalue weighted by Crippen LogP contribution is 2.55. The van der Waals surface area contributed by atoms with Crippen LogP contribution in [0, 0.1) is 17.8 Å². The average molecular weight is 359 g/mol. The van der Waals surface area contributed by atoms with Crippen molar-refractivity contribution >= 4 is 11.9 Å². The molecular weight excluding hydrogens is 330 g/mol. The molecule has 6 nitrogen and oxygen atoms in total. The Labute approximate surface area is 154 Å². The van der Waals surface area contributed by atoms with Crippen molar-refractivity contribution in [2.24, 2.45) is 17.8 Å². The van der Waals surface area contributed by atoms with Crippen LogP contribution in [0.3, 0.4) is 0 Å². The van der Waals surface area contributed by atoms with Crippen molar-refractivity contribution in [3.8, 4) is 0 Å². The Kier molecular flexibility index (Phi) is 4.55. The van der Waals surface area contributed by atoms with Crippen molar-refractivity contribution in [2.75, 3.05) is 7.05 Å². The predicted octanol–water partition coefficient (Wildman–Crippen LogP) is 2.89. The first kappa shape index (κ1) is 17.6. The van der Waals surface area contributed by atoms with Gasteiger partial charge >= 0.3 is 6.03 Å². The van der Waals surface area contributed by atoms with E-state index >= 15 is 0 Å². The lowest BCUT2D eigenvalue weighted by Crippen LogP contribution is -2.62. The third kappa shape index (κ3) is 3.52. The van der Waals surface area contributed by atoms with E-state index < -0.39 is 6.04 Å². The normalized spacial score (nSPS) is 33.3. The van der Waals surface area contributed by atoms with E-state index in [1.807, 2.05) is 24.1 Å². The van der Waals surface area contributed by atoms with E-state index in [2.05, 4.69) is 10.6 Å². The standard InChI is InChI=1S/C20H29N3O3/c1-13(23(2)12-17-4-3-5-26-17)18(24)21-19(25)22-20-9-14-6-15(10-20)8-16(7-14)11-20/h3-5,13-16H,6-12H2,1-2H3,(H2,21,22,24,25)/t13-,14?,15?,16?,20?/m1/s1. The van der Waals surface area contributed by atoms with Crippen molar-refractivity contribution in [1.29, 1.82) is 0 Å². The van der Waals surface area contributed by atoms with E-state index in [4.69, 9.17) is 4.42 Å². The van der Waals surface area contributed by atoms with Crippen molar-refractivity contribution in [2.45, 2.75) is 63.6 Å². The van der Waals surface area contributed by atoms with Crippen molar-refractivity contribution in [3.05, 3.63) is 24.2 Å². The van der Waals surface area contributed by atoms with E-state index in [1.54, 1.807) is 13.2 Å². The van der Waals surface area contributed by atoms with E-state index in [0.29, 0.717) is 6.54 Å². The number of nitrogens with zero attached hydrogens (tertiary/aromatic N) is 1. The number of likely N-dealkylation sites (N-methyl/N-ethyl adjacent to an activating group) is 1. The topological polar surface area (TPSA) is 74.6 Å². The summed E-state index contributed by atoms with van der Waals surface area (Å²) in [5, 5.41) is 5.74. The van der Waals surface area contributed by atoms with Crippen LogP contribution in [-0.4, -0.2) is 35.5 Å². The second-order valence-electron chi connectivity index (χ2n) is 8.81. The Morgan fingerprint density at radius 3 is 2.38 bits per heavy atom. The molecule has 4 aliphatic rings. The van der Waals surface area contributed by atoms with Crippen LogP contribution in [-0.2, 0) is 11.3 Å². The summed E-state index contributed by atoms with van der Waals surface area (Å²) in [6.45, 7) is 2.33. The molecule has 0 saturated heterocycles. The molecule has 4 fully saturated rings. The second kappa shape index (κ2) is 6.72. The number of furan rings is 1. The summed E-state index contributed by atoms with van der Waals surface area (Å²) in [4.78, 5) is 26.8. The summed E-state index contributed by atoms with van der Waals surface area (Å²) < 4.78 is 5.32. The fourth-order valence-electron chi connectivity index (χ4n) is 5.74. The van der Waals surface area contributed by atoms with Gasteiger partial charge in [0.25, 0.3) is 0 Å². The van der Waals surface area contributed by atoms with E-state index in [0.717, 1.165) is 42.8 Å². The Balaban J connectivity index is 1.31. The van der Waals surface area contributed by atoms with Crippen LogP contribution in [0.2, 0.25) is 0 Å². The molecule has 0 aliphatic heterocycles. The molecule has 142 valence electrons. The van der Waals surface area contributed by atoms with Gasteiger partial charge in [-0.2, -0.15) is 0 Å². The Morgan fingerprint density at radius 1 is 1.23 bits per heavy atom. The maximum atomic E-state index is 12.5. The molecule has 5 rings (SSSR count). The molecule has 1 aromatic heterocycles. The zero-order valence-corrected chi connectivity index (χ0v) is 15.7. The summed E-state index contributed by atoms with van der Waals surface area (Å²) in [7, 11) is 1.85. The molecule has 6 heteroatoms. The molecule has 1 aromatic rings. The summed E-state index contributed by atoms with van der Waals surface area (Å²) >= 11 is 0. The zero-order valence-electron chi connectivity index (χ0n) is 15.7. The third-order valence-electron chi connectivity index (χ3n) is 6.68. The summed E-state index contributed by atoms with van der Waals surface area (Å²) in [6.07, 6.45) is 8.84. The SMILES string of the molecule is C[C@H](C(=O)NC(=O)NC12CC3CC(CC(C3)C1)C2)N(C)Cc1ccco1. The number of hydrogen-bond acceptors (Lipinski definition) is 4. The summed E-state index contributed by atoms with van der Waals surface area (Å²) in [6, 6.07) is 2.95. The van der Waals surface area contributed by atoms with Crippen LogP contribution in [0.5, 0.6) is 0 Å². The number of hydrogen-bond donors (Lipinski definition) is 2. The number of nitrogens with one attached hydrogen (secondary N) is 2. The number of urea groups is 1. The molecule has 0 unspecified atom stereocenters. The molecule has 26 heavy (non-hydrogen) atoms. The first-order chi connectivity index (χ1) is 12.4. The van der Waals surface area contributed by atoms with Gasteiger partial charge in [-0.15, -0.1) is 0 Å². The Hall–Kier alpha value is -1.82. The zero-order chi connectivity index (χ0) is 18.3. The van der Waals surface area contributed by atoms with Crippen LogP contribution < -0.4 is 10.6 Å². The van der Waals surface area contributed by atoms with Gasteiger partial charge in [-0.1, -0.05) is 0 Å². The number of carbonyl (C=O) groups is 2. The van der Waals surface area contributed by atoms with Crippen molar-refractivity contribution in [3.63, 3.8) is 0 Å². The number of imide groups is 1. The van der Waals surface area contributed by atoms with Gasteiger partial charge in [-0.25, -0.2) is 4.79 Å². The molecule has 4 aliphatic carbocycles. The molecule has 3 amide bonds. The van der Waals surface area contributed by atoms with Gasteiger partial charge in [-0.3, -0.25) is 15.0 Å². The third-order valence-corrected chi connectivity index (χ3v) is 6.68. The highest BCUT2D eigenvalue weighted by molar-refractivity contribution is 5.97. The molecule has 0 radical (unpaired) electrons. The molecule has 1 atom stereocenters. The molecule has 0 aromatic carbocycles. The van der Waals surface area contributed by atoms with E-state index in [1.165, 1.54) is 19.3 Å². The lowest BCUT2D eigenvalue weighted by atomic mass is 9.53. The highest BCUT2D eigenvalue weighted by atomic mass is 16.3. The lowest BCUT2D eigenvalue weighted by Gasteiger charge is -2.56. The lowest BCUT2D eigenvalue weighted by molar-refractivity contribution is -0.124. The Morgan fingerprint density at radius 2 is 1.85 bits per heavy atom. The van der Waals surface area contributed by atoms with Crippen molar-refractivity contribution < 1.29 is 14.0 Å². The molecule has 4 saturated carbocycles. The fourth-order valence-corrected chi connectivity index (χ4v) is 5.74. The number of carbonyl (C=O) groups excluding carboxylic acids is 2. The minimum atomic E-state index is -0.415. The van der Waals surface area contributed by atoms with Gasteiger partial charge in [0.2, 0.25) is 5.91 Å². The Bertz CT molecular complexity index is 635. The van der Waals surface area contributed by atoms with Crippen LogP contribution in [0.1, 0.15) is 51.2 Å². The maximum absolute atomic E-state index is 12.5. The predicted molar refractivity (Wildman–Crippen MR) is 97.2 cm³/mol. The molecule has 2 N–H and O–H groups in total. The van der Waals surface area contributed by atoms with Gasteiger partial charge < -0.3 is 9.73 Å². The molecule has 1 heterocycles. The highest BCUT2D eigenvalue weighted by Gasteiger charge is 2.51. The summed E-state index contributed by atoms with van der Waals surface area (Å²) in [5.74, 6) is 2.80. The van der Waals surface area contributed by atoms with Gasteiger partial charge in [0.05, 0.1) is 18.8 Å². The van der Waals surface area contributed by atoms with Gasteiger partial charge in [-0.05, 0) is 82.4 Å². The number of amides is 3. The second-order valence-corrected chi connectivity index (χ2v) is 8.81. The monoisotopic (exact) mass is 359 g/mol. The fraction of sp³-hybridized carbons (Fsp3) is 0.700. The minimum Gasteiger partial charge on any atom is -0.468 e. The quantitative estimate of drug-likeness (QED) is 0.848. The van der Waals surface area contributed by atoms with Crippen LogP contribution >= 0.6 is 0 Å². The largest absolute Gasteiger partial charge is 0.468 e. The average Bonchev–Trinajstić information content (AvgIpc) is 3.04. The van der Waals surface area contributed by atoms with Crippen LogP contribution in [0.4, 0.5) is 4.79 Å². The van der Waals surface area contributed by atoms with Crippen LogP contribution in [0.15, 0.2) is 22.8 Å². The minimum absolute atomic E-state index is 0.0809. The van der Waals surface area contributed by atoms with Gasteiger partial charge in [0.1, 0.15) is 5.76 Å². The summed E-state index contributed by atoms with van der Waals surface area (Å²) in [5.41, 5.74) is -0.0809. The van der Waals surface area contributed by atoms with Gasteiger partial charge in [0, 0.05) is 5.54 Å². The molecule has 0 spiro atoms. The number of rotatable bonds is 5. The molecular formula is C20H29N3O3. The van der Waals surface area contributed by atoms with E-state index in [9.17, 15) is 9.59 Å². The maximum Gasteiger partial charge on any atom is 0.321 e. The van der Waals surface area contributed by atoms with Gasteiger partial charge in [0.15, 0.2) is 0 Å². The molecule has 4 bridgehead atoms.